The number of amides is 1. The number of nitrogens with one attached hydrogen (secondary N) is 1. The summed E-state index contributed by atoms with van der Waals surface area (Å²) in [5.74, 6) is -0.0848. The van der Waals surface area contributed by atoms with Crippen LogP contribution in [0.4, 0.5) is 0 Å². The summed E-state index contributed by atoms with van der Waals surface area (Å²) in [4.78, 5) is 15.8. The van der Waals surface area contributed by atoms with Gasteiger partial charge in [0.25, 0.3) is 0 Å². The van der Waals surface area contributed by atoms with Gasteiger partial charge < -0.3 is 10.1 Å². The minimum Gasteiger partial charge on any atom is -0.368 e. The van der Waals surface area contributed by atoms with E-state index < -0.39 is 0 Å². The van der Waals surface area contributed by atoms with Crippen molar-refractivity contribution in [3.8, 4) is 5.69 Å². The Hall–Kier alpha value is -2.28. The quantitative estimate of drug-likeness (QED) is 0.875. The van der Waals surface area contributed by atoms with E-state index in [4.69, 9.17) is 4.74 Å². The van der Waals surface area contributed by atoms with Crippen LogP contribution in [0.3, 0.4) is 0 Å². The van der Waals surface area contributed by atoms with Crippen molar-refractivity contribution in [2.75, 3.05) is 6.61 Å². The Morgan fingerprint density at radius 1 is 1.55 bits per heavy atom. The molecule has 3 rings (SSSR count). The fraction of sp³-hybridized carbons (Fsp3) is 0.385. The lowest BCUT2D eigenvalue weighted by Crippen LogP contribution is -2.33. The second kappa shape index (κ2) is 5.79. The van der Waals surface area contributed by atoms with Gasteiger partial charge in [-0.05, 0) is 25.0 Å². The third-order valence-corrected chi connectivity index (χ3v) is 3.12. The van der Waals surface area contributed by atoms with E-state index in [1.165, 1.54) is 0 Å². The van der Waals surface area contributed by atoms with Gasteiger partial charge in [0.2, 0.25) is 5.91 Å². The molecule has 1 atom stereocenters. The van der Waals surface area contributed by atoms with Crippen molar-refractivity contribution in [3.63, 3.8) is 0 Å². The molecular formula is C13H15N5O2. The highest BCUT2D eigenvalue weighted by molar-refractivity contribution is 5.80. The molecule has 2 aromatic heterocycles. The van der Waals surface area contributed by atoms with Crippen molar-refractivity contribution in [2.45, 2.75) is 25.5 Å². The summed E-state index contributed by atoms with van der Waals surface area (Å²) in [5, 5.41) is 10.8. The van der Waals surface area contributed by atoms with Gasteiger partial charge in [0, 0.05) is 12.8 Å². The van der Waals surface area contributed by atoms with Crippen LogP contribution in [0.5, 0.6) is 0 Å². The minimum atomic E-state index is -0.316. The zero-order valence-corrected chi connectivity index (χ0v) is 10.9. The third-order valence-electron chi connectivity index (χ3n) is 3.12. The predicted octanol–water partition coefficient (Wildman–Crippen LogP) is 0.457. The predicted molar refractivity (Wildman–Crippen MR) is 70.0 cm³/mol. The van der Waals surface area contributed by atoms with E-state index >= 15 is 0 Å². The summed E-state index contributed by atoms with van der Waals surface area (Å²) in [6, 6.07) is 3.71. The van der Waals surface area contributed by atoms with Gasteiger partial charge in [0.1, 0.15) is 11.8 Å². The van der Waals surface area contributed by atoms with E-state index in [2.05, 4.69) is 20.6 Å². The zero-order valence-electron chi connectivity index (χ0n) is 10.9. The van der Waals surface area contributed by atoms with Gasteiger partial charge in [0.15, 0.2) is 0 Å². The highest BCUT2D eigenvalue weighted by Crippen LogP contribution is 2.12. The molecule has 1 saturated heterocycles. The van der Waals surface area contributed by atoms with Crippen LogP contribution in [0.25, 0.3) is 5.69 Å². The van der Waals surface area contributed by atoms with E-state index in [9.17, 15) is 4.79 Å². The van der Waals surface area contributed by atoms with Gasteiger partial charge in [-0.25, -0.2) is 4.68 Å². The summed E-state index contributed by atoms with van der Waals surface area (Å²) in [7, 11) is 0. The molecule has 0 aliphatic carbocycles. The average Bonchev–Trinajstić information content (AvgIpc) is 3.17. The lowest BCUT2D eigenvalue weighted by molar-refractivity contribution is -0.130. The molecule has 0 spiro atoms. The van der Waals surface area contributed by atoms with Crippen LogP contribution in [-0.2, 0) is 16.1 Å². The number of ether oxygens (including phenoxy) is 1. The summed E-state index contributed by atoms with van der Waals surface area (Å²) in [6.07, 6.45) is 6.58. The lowest BCUT2D eigenvalue weighted by Gasteiger charge is -2.08. The highest BCUT2D eigenvalue weighted by atomic mass is 16.5. The molecule has 1 aliphatic rings. The van der Waals surface area contributed by atoms with Crippen LogP contribution in [-0.4, -0.2) is 38.6 Å². The number of hydrogen-bond acceptors (Lipinski definition) is 5. The third kappa shape index (κ3) is 2.83. The number of pyridine rings is 1. The molecule has 7 heteroatoms. The van der Waals surface area contributed by atoms with E-state index in [1.54, 1.807) is 23.3 Å². The minimum absolute atomic E-state index is 0.0848. The monoisotopic (exact) mass is 273 g/mol. The van der Waals surface area contributed by atoms with Crippen LogP contribution in [0.2, 0.25) is 0 Å². The number of carbonyl (C=O) groups is 1. The largest absolute Gasteiger partial charge is 0.368 e. The van der Waals surface area contributed by atoms with E-state index in [0.29, 0.717) is 18.8 Å². The second-order valence-electron chi connectivity index (χ2n) is 4.59. The maximum atomic E-state index is 11.8. The molecule has 1 amide bonds. The summed E-state index contributed by atoms with van der Waals surface area (Å²) in [6.45, 7) is 1.01. The van der Waals surface area contributed by atoms with Crippen molar-refractivity contribution in [1.29, 1.82) is 0 Å². The molecule has 20 heavy (non-hydrogen) atoms. The van der Waals surface area contributed by atoms with Crippen LogP contribution in [0.15, 0.2) is 30.7 Å². The van der Waals surface area contributed by atoms with Gasteiger partial charge in [0.05, 0.1) is 24.6 Å². The van der Waals surface area contributed by atoms with Crippen LogP contribution < -0.4 is 5.32 Å². The molecule has 1 fully saturated rings. The first kappa shape index (κ1) is 12.7. The Kier molecular flexibility index (Phi) is 3.69. The van der Waals surface area contributed by atoms with Crippen LogP contribution in [0, 0.1) is 0 Å². The van der Waals surface area contributed by atoms with Crippen molar-refractivity contribution in [2.24, 2.45) is 0 Å². The molecule has 1 N–H and O–H groups in total. The standard InChI is InChI=1S/C13H15N5O2/c19-13(12-4-2-6-20-12)15-7-10-9-18(17-16-10)11-3-1-5-14-8-11/h1,3,5,8-9,12H,2,4,6-7H2,(H,15,19)/t12-/m1/s1. The van der Waals surface area contributed by atoms with Gasteiger partial charge in [-0.15, -0.1) is 5.10 Å². The number of rotatable bonds is 4. The maximum Gasteiger partial charge on any atom is 0.249 e. The molecule has 0 bridgehead atoms. The molecule has 104 valence electrons. The first-order valence-corrected chi connectivity index (χ1v) is 6.54. The Labute approximate surface area is 116 Å². The van der Waals surface area contributed by atoms with Gasteiger partial charge in [-0.3, -0.25) is 9.78 Å². The summed E-state index contributed by atoms with van der Waals surface area (Å²) in [5.41, 5.74) is 1.52. The topological polar surface area (TPSA) is 81.9 Å². The molecule has 7 nitrogen and oxygen atoms in total. The first-order chi connectivity index (χ1) is 9.83. The van der Waals surface area contributed by atoms with Gasteiger partial charge in [-0.2, -0.15) is 0 Å². The SMILES string of the molecule is O=C(NCc1cn(-c2cccnc2)nn1)[C@H]1CCCO1. The Balaban J connectivity index is 1.59. The van der Waals surface area contributed by atoms with Crippen molar-refractivity contribution >= 4 is 5.91 Å². The Morgan fingerprint density at radius 2 is 2.50 bits per heavy atom. The number of nitrogens with zero attached hydrogens (tertiary/aromatic N) is 4. The molecule has 2 aromatic rings. The van der Waals surface area contributed by atoms with Crippen LogP contribution >= 0.6 is 0 Å². The van der Waals surface area contributed by atoms with E-state index in [-0.39, 0.29) is 12.0 Å². The normalized spacial score (nSPS) is 18.1. The Bertz CT molecular complexity index is 577. The summed E-state index contributed by atoms with van der Waals surface area (Å²) < 4.78 is 6.94. The number of hydrogen-bond donors (Lipinski definition) is 1. The average molecular weight is 273 g/mol. The zero-order chi connectivity index (χ0) is 13.8. The molecule has 0 saturated carbocycles. The molecule has 3 heterocycles. The van der Waals surface area contributed by atoms with Gasteiger partial charge in [-0.1, -0.05) is 5.21 Å². The van der Waals surface area contributed by atoms with Gasteiger partial charge >= 0.3 is 0 Å². The fourth-order valence-electron chi connectivity index (χ4n) is 2.07. The fourth-order valence-corrected chi connectivity index (χ4v) is 2.07. The molecule has 0 unspecified atom stereocenters. The number of aromatic nitrogens is 4. The van der Waals surface area contributed by atoms with Crippen LogP contribution in [0.1, 0.15) is 18.5 Å². The first-order valence-electron chi connectivity index (χ1n) is 6.54. The van der Waals surface area contributed by atoms with E-state index in [0.717, 1.165) is 18.5 Å². The van der Waals surface area contributed by atoms with Crippen molar-refractivity contribution < 1.29 is 9.53 Å². The molecule has 0 radical (unpaired) electrons. The van der Waals surface area contributed by atoms with E-state index in [1.807, 2.05) is 12.1 Å². The summed E-state index contributed by atoms with van der Waals surface area (Å²) >= 11 is 0. The smallest absolute Gasteiger partial charge is 0.249 e. The molecular weight excluding hydrogens is 258 g/mol. The maximum absolute atomic E-state index is 11.8. The van der Waals surface area contributed by atoms with Crippen molar-refractivity contribution in [1.82, 2.24) is 25.3 Å². The number of carbonyl (C=O) groups excluding carboxylic acids is 1. The molecule has 0 aromatic carbocycles. The second-order valence-corrected chi connectivity index (χ2v) is 4.59. The Morgan fingerprint density at radius 3 is 3.25 bits per heavy atom. The highest BCUT2D eigenvalue weighted by Gasteiger charge is 2.23. The molecule has 1 aliphatic heterocycles. The van der Waals surface area contributed by atoms with Crippen molar-refractivity contribution in [3.05, 3.63) is 36.4 Å². The lowest BCUT2D eigenvalue weighted by atomic mass is 10.2.